The van der Waals surface area contributed by atoms with E-state index in [-0.39, 0.29) is 11.7 Å². The maximum atomic E-state index is 10.5. The summed E-state index contributed by atoms with van der Waals surface area (Å²) >= 11 is 2.03. The average molecular weight is 284 g/mol. The van der Waals surface area contributed by atoms with Crippen molar-refractivity contribution in [2.45, 2.75) is 81.2 Å². The van der Waals surface area contributed by atoms with Crippen molar-refractivity contribution in [1.82, 2.24) is 0 Å². The first-order valence-corrected chi connectivity index (χ1v) is 9.26. The van der Waals surface area contributed by atoms with E-state index in [2.05, 4.69) is 0 Å². The fourth-order valence-electron chi connectivity index (χ4n) is 4.19. The summed E-state index contributed by atoms with van der Waals surface area (Å²) in [5.41, 5.74) is 0.155. The second-order valence-electron chi connectivity index (χ2n) is 6.80. The Hall–Kier alpha value is 0.270. The van der Waals surface area contributed by atoms with E-state index in [0.29, 0.717) is 5.92 Å². The third-order valence-corrected chi connectivity index (χ3v) is 6.87. The molecule has 2 atom stereocenters. The molecule has 110 valence electrons. The maximum absolute atomic E-state index is 10.5. The predicted molar refractivity (Wildman–Crippen MR) is 80.6 cm³/mol. The van der Waals surface area contributed by atoms with E-state index < -0.39 is 0 Å². The molecule has 1 aliphatic heterocycles. The minimum Gasteiger partial charge on any atom is -0.392 e. The lowest BCUT2D eigenvalue weighted by atomic mass is 9.82. The zero-order valence-electron chi connectivity index (χ0n) is 12.0. The van der Waals surface area contributed by atoms with Crippen LogP contribution in [-0.4, -0.2) is 34.4 Å². The van der Waals surface area contributed by atoms with Crippen LogP contribution in [0.3, 0.4) is 0 Å². The molecule has 0 bridgehead atoms. The summed E-state index contributed by atoms with van der Waals surface area (Å²) in [5.74, 6) is 1.44. The molecule has 0 radical (unpaired) electrons. The highest BCUT2D eigenvalue weighted by molar-refractivity contribution is 7.99. The third-order valence-electron chi connectivity index (χ3n) is 5.39. The molecule has 0 aromatic heterocycles. The third kappa shape index (κ3) is 3.48. The normalized spacial score (nSPS) is 33.0. The van der Waals surface area contributed by atoms with Crippen molar-refractivity contribution < 1.29 is 9.84 Å². The van der Waals surface area contributed by atoms with Crippen molar-refractivity contribution in [2.75, 3.05) is 12.4 Å². The van der Waals surface area contributed by atoms with Crippen LogP contribution in [0.1, 0.15) is 64.2 Å². The topological polar surface area (TPSA) is 29.5 Å². The lowest BCUT2D eigenvalue weighted by Crippen LogP contribution is -2.41. The number of thioether (sulfide) groups is 1. The molecule has 1 spiro atoms. The Morgan fingerprint density at radius 3 is 2.58 bits per heavy atom. The van der Waals surface area contributed by atoms with Gasteiger partial charge in [-0.05, 0) is 44.4 Å². The Balaban J connectivity index is 1.47. The lowest BCUT2D eigenvalue weighted by Gasteiger charge is -2.40. The molecule has 2 nitrogen and oxygen atoms in total. The van der Waals surface area contributed by atoms with Gasteiger partial charge < -0.3 is 9.84 Å². The summed E-state index contributed by atoms with van der Waals surface area (Å²) in [7, 11) is 0. The van der Waals surface area contributed by atoms with Crippen molar-refractivity contribution in [3.63, 3.8) is 0 Å². The Bertz CT molecular complexity index is 282. The number of hydrogen-bond acceptors (Lipinski definition) is 3. The zero-order valence-corrected chi connectivity index (χ0v) is 12.8. The van der Waals surface area contributed by atoms with Crippen LogP contribution in [0.25, 0.3) is 0 Å². The Kier molecular flexibility index (Phi) is 4.76. The maximum Gasteiger partial charge on any atom is 0.0686 e. The molecule has 3 fully saturated rings. The van der Waals surface area contributed by atoms with Gasteiger partial charge in [0.25, 0.3) is 0 Å². The molecule has 0 amide bonds. The summed E-state index contributed by atoms with van der Waals surface area (Å²) in [4.78, 5) is 0. The van der Waals surface area contributed by atoms with Crippen molar-refractivity contribution in [2.24, 2.45) is 5.92 Å². The van der Waals surface area contributed by atoms with Gasteiger partial charge in [0.1, 0.15) is 0 Å². The van der Waals surface area contributed by atoms with Crippen molar-refractivity contribution >= 4 is 11.8 Å². The summed E-state index contributed by atoms with van der Waals surface area (Å²) in [6, 6.07) is 0. The van der Waals surface area contributed by atoms with Crippen LogP contribution in [0.2, 0.25) is 0 Å². The van der Waals surface area contributed by atoms with Gasteiger partial charge in [-0.15, -0.1) is 0 Å². The smallest absolute Gasteiger partial charge is 0.0686 e. The molecule has 0 aromatic rings. The van der Waals surface area contributed by atoms with Crippen LogP contribution in [0.5, 0.6) is 0 Å². The number of ether oxygens (including phenoxy) is 1. The highest BCUT2D eigenvalue weighted by Gasteiger charge is 2.41. The van der Waals surface area contributed by atoms with E-state index in [1.807, 2.05) is 11.8 Å². The molecule has 3 aliphatic rings. The van der Waals surface area contributed by atoms with Gasteiger partial charge in [-0.25, -0.2) is 0 Å². The SMILES string of the molecule is OC(CSC1CCCC1)C1CCOC2(CCCC2)C1. The second-order valence-corrected chi connectivity index (χ2v) is 8.13. The van der Waals surface area contributed by atoms with E-state index in [1.54, 1.807) is 0 Å². The predicted octanol–water partition coefficient (Wildman–Crippen LogP) is 3.76. The highest BCUT2D eigenvalue weighted by Crippen LogP contribution is 2.43. The summed E-state index contributed by atoms with van der Waals surface area (Å²) in [6.45, 7) is 0.871. The van der Waals surface area contributed by atoms with Gasteiger partial charge in [-0.3, -0.25) is 0 Å². The van der Waals surface area contributed by atoms with Crippen LogP contribution in [0.15, 0.2) is 0 Å². The molecule has 1 saturated heterocycles. The fourth-order valence-corrected chi connectivity index (χ4v) is 5.60. The van der Waals surface area contributed by atoms with Crippen LogP contribution < -0.4 is 0 Å². The fraction of sp³-hybridized carbons (Fsp3) is 1.00. The van der Waals surface area contributed by atoms with Gasteiger partial charge in [-0.1, -0.05) is 25.7 Å². The molecule has 3 rings (SSSR count). The Morgan fingerprint density at radius 1 is 1.11 bits per heavy atom. The monoisotopic (exact) mass is 284 g/mol. The summed E-state index contributed by atoms with van der Waals surface area (Å²) < 4.78 is 6.07. The van der Waals surface area contributed by atoms with Gasteiger partial charge in [0.2, 0.25) is 0 Å². The largest absolute Gasteiger partial charge is 0.392 e. The minimum absolute atomic E-state index is 0.105. The molecule has 2 saturated carbocycles. The van der Waals surface area contributed by atoms with Crippen LogP contribution in [-0.2, 0) is 4.74 Å². The van der Waals surface area contributed by atoms with Gasteiger partial charge in [0.05, 0.1) is 11.7 Å². The minimum atomic E-state index is -0.105. The highest BCUT2D eigenvalue weighted by atomic mass is 32.2. The van der Waals surface area contributed by atoms with E-state index in [4.69, 9.17) is 4.74 Å². The molecule has 19 heavy (non-hydrogen) atoms. The van der Waals surface area contributed by atoms with Crippen molar-refractivity contribution in [3.8, 4) is 0 Å². The van der Waals surface area contributed by atoms with Crippen LogP contribution in [0, 0.1) is 5.92 Å². The van der Waals surface area contributed by atoms with E-state index in [9.17, 15) is 5.11 Å². The van der Waals surface area contributed by atoms with Crippen LogP contribution in [0.4, 0.5) is 0 Å². The molecule has 2 unspecified atom stereocenters. The molecule has 1 N–H and O–H groups in total. The van der Waals surface area contributed by atoms with E-state index in [1.165, 1.54) is 51.4 Å². The Labute approximate surface area is 121 Å². The molecule has 3 heteroatoms. The quantitative estimate of drug-likeness (QED) is 0.852. The summed E-state index contributed by atoms with van der Waals surface area (Å²) in [6.07, 6.45) is 12.7. The number of rotatable bonds is 4. The van der Waals surface area contributed by atoms with Gasteiger partial charge in [0, 0.05) is 17.6 Å². The Morgan fingerprint density at radius 2 is 1.84 bits per heavy atom. The first-order chi connectivity index (χ1) is 9.27. The standard InChI is InChI=1S/C16H28O2S/c17-15(12-19-14-5-1-2-6-14)13-7-10-18-16(11-13)8-3-4-9-16/h13-15,17H,1-12H2. The van der Waals surface area contributed by atoms with E-state index >= 15 is 0 Å². The molecule has 1 heterocycles. The average Bonchev–Trinajstić information content (AvgIpc) is 3.08. The number of aliphatic hydroxyl groups is 1. The molecule has 2 aliphatic carbocycles. The molecular weight excluding hydrogens is 256 g/mol. The number of hydrogen-bond donors (Lipinski definition) is 1. The van der Waals surface area contributed by atoms with Gasteiger partial charge in [0.15, 0.2) is 0 Å². The molecular formula is C16H28O2S. The first kappa shape index (κ1) is 14.2. The lowest BCUT2D eigenvalue weighted by molar-refractivity contribution is -0.109. The second kappa shape index (κ2) is 6.36. The van der Waals surface area contributed by atoms with Gasteiger partial charge in [-0.2, -0.15) is 11.8 Å². The van der Waals surface area contributed by atoms with Crippen molar-refractivity contribution in [3.05, 3.63) is 0 Å². The van der Waals surface area contributed by atoms with E-state index in [0.717, 1.165) is 30.5 Å². The first-order valence-electron chi connectivity index (χ1n) is 8.21. The van der Waals surface area contributed by atoms with Crippen LogP contribution >= 0.6 is 11.8 Å². The summed E-state index contributed by atoms with van der Waals surface area (Å²) in [5, 5.41) is 11.3. The number of aliphatic hydroxyl groups excluding tert-OH is 1. The zero-order chi connectivity index (χ0) is 13.1. The van der Waals surface area contributed by atoms with Gasteiger partial charge >= 0.3 is 0 Å². The molecule has 0 aromatic carbocycles. The van der Waals surface area contributed by atoms with Crippen molar-refractivity contribution in [1.29, 1.82) is 0 Å².